The van der Waals surface area contributed by atoms with E-state index in [-0.39, 0.29) is 6.29 Å². The Bertz CT molecular complexity index is 403. The van der Waals surface area contributed by atoms with Crippen LogP contribution in [-0.4, -0.2) is 22.3 Å². The van der Waals surface area contributed by atoms with Crippen LogP contribution in [0.5, 0.6) is 0 Å². The number of carbonyl (C=O) groups excluding carboxylic acids is 1. The van der Waals surface area contributed by atoms with Crippen molar-refractivity contribution in [3.8, 4) is 0 Å². The van der Waals surface area contributed by atoms with Gasteiger partial charge in [0.1, 0.15) is 0 Å². The monoisotopic (exact) mass is 203 g/mol. The van der Waals surface area contributed by atoms with E-state index in [1.54, 1.807) is 0 Å². The molecular weight excluding hydrogens is 194 g/mol. The molecule has 1 heterocycles. The Balaban J connectivity index is 0.000000195. The number of para-hydroxylation sites is 1. The second-order valence-corrected chi connectivity index (χ2v) is 2.65. The fourth-order valence-electron chi connectivity index (χ4n) is 1.02. The summed E-state index contributed by atoms with van der Waals surface area (Å²) in [5.74, 6) is -1.43. The molecular formula is C11H9NO3. The van der Waals surface area contributed by atoms with Crippen molar-refractivity contribution < 1.29 is 14.7 Å². The van der Waals surface area contributed by atoms with Crippen LogP contribution in [0.25, 0.3) is 10.9 Å². The van der Waals surface area contributed by atoms with Gasteiger partial charge in [0.2, 0.25) is 6.29 Å². The predicted octanol–water partition coefficient (Wildman–Crippen LogP) is 1.50. The van der Waals surface area contributed by atoms with Crippen molar-refractivity contribution in [2.24, 2.45) is 0 Å². The lowest BCUT2D eigenvalue weighted by Gasteiger charge is -1.91. The Hall–Kier alpha value is -2.23. The van der Waals surface area contributed by atoms with Gasteiger partial charge < -0.3 is 5.11 Å². The lowest BCUT2D eigenvalue weighted by Crippen LogP contribution is -1.91. The molecule has 2 aromatic rings. The van der Waals surface area contributed by atoms with E-state index in [0.29, 0.717) is 0 Å². The minimum absolute atomic E-state index is 0.167. The minimum atomic E-state index is -1.43. The van der Waals surface area contributed by atoms with E-state index >= 15 is 0 Å². The molecule has 15 heavy (non-hydrogen) atoms. The number of benzene rings is 1. The van der Waals surface area contributed by atoms with Crippen molar-refractivity contribution >= 4 is 23.2 Å². The second-order valence-electron chi connectivity index (χ2n) is 2.65. The van der Waals surface area contributed by atoms with Gasteiger partial charge in [0.15, 0.2) is 0 Å². The van der Waals surface area contributed by atoms with Gasteiger partial charge in [-0.25, -0.2) is 4.79 Å². The van der Waals surface area contributed by atoms with Gasteiger partial charge in [-0.2, -0.15) is 0 Å². The molecule has 1 aromatic heterocycles. The van der Waals surface area contributed by atoms with Crippen molar-refractivity contribution in [3.63, 3.8) is 0 Å². The Morgan fingerprint density at radius 3 is 2.40 bits per heavy atom. The number of hydrogen-bond donors (Lipinski definition) is 1. The van der Waals surface area contributed by atoms with Gasteiger partial charge in [-0.1, -0.05) is 24.3 Å². The van der Waals surface area contributed by atoms with Crippen LogP contribution in [0.15, 0.2) is 42.6 Å². The third kappa shape index (κ3) is 3.56. The highest BCUT2D eigenvalue weighted by atomic mass is 16.4. The topological polar surface area (TPSA) is 67.3 Å². The van der Waals surface area contributed by atoms with Gasteiger partial charge in [0, 0.05) is 11.6 Å². The number of hydrogen-bond acceptors (Lipinski definition) is 3. The Labute approximate surface area is 86.2 Å². The zero-order valence-electron chi connectivity index (χ0n) is 7.83. The standard InChI is InChI=1S/C9H7N.C2H2O3/c1-2-6-9-8(4-1)5-3-7-10-9;3-1-2(4)5/h1-7H;1H,(H,4,5). The summed E-state index contributed by atoms with van der Waals surface area (Å²) in [6.07, 6.45) is 1.64. The lowest BCUT2D eigenvalue weighted by molar-refractivity contribution is -0.143. The fourth-order valence-corrected chi connectivity index (χ4v) is 1.02. The van der Waals surface area contributed by atoms with Gasteiger partial charge >= 0.3 is 5.97 Å². The summed E-state index contributed by atoms with van der Waals surface area (Å²) < 4.78 is 0. The summed E-state index contributed by atoms with van der Waals surface area (Å²) >= 11 is 0. The maximum atomic E-state index is 9.00. The summed E-state index contributed by atoms with van der Waals surface area (Å²) in [5.41, 5.74) is 1.06. The lowest BCUT2D eigenvalue weighted by atomic mass is 10.2. The van der Waals surface area contributed by atoms with Gasteiger partial charge in [-0.05, 0) is 12.1 Å². The van der Waals surface area contributed by atoms with Crippen molar-refractivity contribution in [3.05, 3.63) is 42.6 Å². The van der Waals surface area contributed by atoms with Gasteiger partial charge in [-0.15, -0.1) is 0 Å². The first kappa shape index (κ1) is 10.8. The van der Waals surface area contributed by atoms with Crippen LogP contribution in [0.2, 0.25) is 0 Å². The zero-order valence-corrected chi connectivity index (χ0v) is 7.83. The molecule has 0 radical (unpaired) electrons. The van der Waals surface area contributed by atoms with Crippen molar-refractivity contribution in [2.45, 2.75) is 0 Å². The largest absolute Gasteiger partial charge is 0.476 e. The molecule has 0 saturated heterocycles. The van der Waals surface area contributed by atoms with E-state index in [2.05, 4.69) is 17.1 Å². The minimum Gasteiger partial charge on any atom is -0.476 e. The van der Waals surface area contributed by atoms with E-state index in [9.17, 15) is 0 Å². The molecule has 0 aliphatic heterocycles. The second kappa shape index (κ2) is 5.49. The number of nitrogens with zero attached hydrogens (tertiary/aromatic N) is 1. The highest BCUT2D eigenvalue weighted by Crippen LogP contribution is 2.07. The molecule has 0 atom stereocenters. The van der Waals surface area contributed by atoms with E-state index in [1.807, 2.05) is 30.5 Å². The van der Waals surface area contributed by atoms with Crippen LogP contribution in [0.3, 0.4) is 0 Å². The van der Waals surface area contributed by atoms with E-state index in [1.165, 1.54) is 5.39 Å². The van der Waals surface area contributed by atoms with Gasteiger partial charge in [0.25, 0.3) is 0 Å². The average molecular weight is 203 g/mol. The number of carbonyl (C=O) groups is 2. The number of aromatic nitrogens is 1. The molecule has 0 spiro atoms. The van der Waals surface area contributed by atoms with Crippen LogP contribution >= 0.6 is 0 Å². The molecule has 0 aliphatic rings. The highest BCUT2D eigenvalue weighted by molar-refractivity contribution is 6.19. The molecule has 0 unspecified atom stereocenters. The summed E-state index contributed by atoms with van der Waals surface area (Å²) in [5, 5.41) is 8.55. The van der Waals surface area contributed by atoms with E-state index in [4.69, 9.17) is 14.7 Å². The molecule has 1 N–H and O–H groups in total. The molecule has 0 fully saturated rings. The molecule has 0 aliphatic carbocycles. The molecule has 0 bridgehead atoms. The summed E-state index contributed by atoms with van der Waals surface area (Å²) in [4.78, 5) is 22.1. The van der Waals surface area contributed by atoms with Crippen LogP contribution < -0.4 is 0 Å². The molecule has 76 valence electrons. The molecule has 0 saturated carbocycles. The molecule has 1 aromatic carbocycles. The molecule has 0 amide bonds. The summed E-state index contributed by atoms with van der Waals surface area (Å²) in [6.45, 7) is 0. The van der Waals surface area contributed by atoms with Crippen molar-refractivity contribution in [1.82, 2.24) is 4.98 Å². The number of fused-ring (bicyclic) bond motifs is 1. The normalized spacial score (nSPS) is 8.80. The average Bonchev–Trinajstić information content (AvgIpc) is 2.30. The maximum Gasteiger partial charge on any atom is 0.368 e. The van der Waals surface area contributed by atoms with Crippen LogP contribution in [0.4, 0.5) is 0 Å². The summed E-state index contributed by atoms with van der Waals surface area (Å²) in [6, 6.07) is 12.1. The third-order valence-corrected chi connectivity index (χ3v) is 1.61. The molecule has 4 nitrogen and oxygen atoms in total. The molecule has 2 rings (SSSR count). The number of aliphatic carboxylic acids is 1. The first-order valence-electron chi connectivity index (χ1n) is 4.22. The Morgan fingerprint density at radius 2 is 1.80 bits per heavy atom. The Morgan fingerprint density at radius 1 is 1.20 bits per heavy atom. The molecule has 4 heteroatoms. The number of aldehydes is 1. The van der Waals surface area contributed by atoms with E-state index in [0.717, 1.165) is 5.52 Å². The number of carboxylic acid groups (broad SMARTS) is 1. The highest BCUT2D eigenvalue weighted by Gasteiger charge is 1.86. The predicted molar refractivity (Wildman–Crippen MR) is 55.4 cm³/mol. The number of pyridine rings is 1. The quantitative estimate of drug-likeness (QED) is 0.563. The van der Waals surface area contributed by atoms with E-state index < -0.39 is 5.97 Å². The van der Waals surface area contributed by atoms with Gasteiger partial charge in [-0.3, -0.25) is 9.78 Å². The number of carboxylic acids is 1. The van der Waals surface area contributed by atoms with Crippen LogP contribution in [0.1, 0.15) is 0 Å². The SMILES string of the molecule is O=CC(=O)O.c1ccc2ncccc2c1. The van der Waals surface area contributed by atoms with Crippen molar-refractivity contribution in [1.29, 1.82) is 0 Å². The zero-order chi connectivity index (χ0) is 11.1. The Kier molecular flexibility index (Phi) is 3.97. The van der Waals surface area contributed by atoms with Gasteiger partial charge in [0.05, 0.1) is 5.52 Å². The van der Waals surface area contributed by atoms with Crippen molar-refractivity contribution in [2.75, 3.05) is 0 Å². The first-order chi connectivity index (χ1) is 7.24. The van der Waals surface area contributed by atoms with Crippen LogP contribution in [0, 0.1) is 0 Å². The summed E-state index contributed by atoms with van der Waals surface area (Å²) in [7, 11) is 0. The third-order valence-electron chi connectivity index (χ3n) is 1.61. The fraction of sp³-hybridized carbons (Fsp3) is 0. The van der Waals surface area contributed by atoms with Crippen LogP contribution in [-0.2, 0) is 9.59 Å². The smallest absolute Gasteiger partial charge is 0.368 e. The first-order valence-corrected chi connectivity index (χ1v) is 4.22. The number of rotatable bonds is 1. The maximum absolute atomic E-state index is 9.00.